The fourth-order valence-electron chi connectivity index (χ4n) is 5.99. The first-order chi connectivity index (χ1) is 22.1. The maximum absolute atomic E-state index is 12.6. The average molecular weight is 680 g/mol. The number of hydrogen-bond acceptors (Lipinski definition) is 19. The highest BCUT2D eigenvalue weighted by Gasteiger charge is 2.58. The summed E-state index contributed by atoms with van der Waals surface area (Å²) in [6.07, 6.45) is -18.4. The van der Waals surface area contributed by atoms with Gasteiger partial charge in [-0.2, -0.15) is 0 Å². The van der Waals surface area contributed by atoms with Gasteiger partial charge in [-0.05, 0) is 13.0 Å². The number of phenols is 1. The molecule has 15 atom stereocenters. The Bertz CT molecular complexity index is 1290. The summed E-state index contributed by atoms with van der Waals surface area (Å²) in [5.41, 5.74) is 13.7. The first-order valence-corrected chi connectivity index (χ1v) is 14.5. The SMILES string of the molecule is CC(=O)c1c([C@]2(CO)O[C@H](OC3[C@@H](CO)O[C@@H](OC4[C@@H](CO)O[C@@H](O)[C@H](N)[C@H]4O)[C@H](N)[C@H]3O)[C@H](N)[C@@H](O)[C@@H]2O)ccc(C(=O)O)c1O. The van der Waals surface area contributed by atoms with Crippen LogP contribution in [-0.2, 0) is 29.3 Å². The summed E-state index contributed by atoms with van der Waals surface area (Å²) in [6, 6.07) is -2.63. The van der Waals surface area contributed by atoms with Crippen molar-refractivity contribution in [2.45, 2.75) is 98.4 Å². The summed E-state index contributed by atoms with van der Waals surface area (Å²) in [6.45, 7) is -1.80. The smallest absolute Gasteiger partial charge is 0.339 e. The maximum Gasteiger partial charge on any atom is 0.339 e. The predicted molar refractivity (Wildman–Crippen MR) is 150 cm³/mol. The highest BCUT2D eigenvalue weighted by atomic mass is 16.7. The van der Waals surface area contributed by atoms with Gasteiger partial charge >= 0.3 is 5.97 Å². The predicted octanol–water partition coefficient (Wildman–Crippen LogP) is -6.54. The lowest BCUT2D eigenvalue weighted by atomic mass is 9.78. The summed E-state index contributed by atoms with van der Waals surface area (Å²) < 4.78 is 28.3. The van der Waals surface area contributed by atoms with Crippen molar-refractivity contribution < 1.29 is 84.3 Å². The fourth-order valence-corrected chi connectivity index (χ4v) is 5.99. The van der Waals surface area contributed by atoms with Crippen molar-refractivity contribution >= 4 is 11.8 Å². The number of aromatic hydroxyl groups is 1. The number of carboxylic acids is 1. The summed E-state index contributed by atoms with van der Waals surface area (Å²) in [7, 11) is 0. The zero-order valence-electron chi connectivity index (χ0n) is 24.9. The number of rotatable bonds is 10. The highest BCUT2D eigenvalue weighted by molar-refractivity contribution is 6.03. The molecule has 4 rings (SSSR count). The minimum absolute atomic E-state index is 0.429. The lowest BCUT2D eigenvalue weighted by Crippen LogP contribution is -2.70. The van der Waals surface area contributed by atoms with Crippen molar-refractivity contribution in [2.75, 3.05) is 19.8 Å². The molecule has 47 heavy (non-hydrogen) atoms. The maximum atomic E-state index is 12.6. The van der Waals surface area contributed by atoms with E-state index in [4.69, 9.17) is 40.9 Å². The number of aliphatic hydroxyl groups excluding tert-OH is 8. The third-order valence-electron chi connectivity index (χ3n) is 8.69. The van der Waals surface area contributed by atoms with Gasteiger partial charge in [0.05, 0.1) is 43.5 Å². The van der Waals surface area contributed by atoms with Gasteiger partial charge in [0, 0.05) is 5.56 Å². The Morgan fingerprint density at radius 2 is 1.36 bits per heavy atom. The number of aliphatic hydroxyl groups is 8. The zero-order chi connectivity index (χ0) is 35.1. The third kappa shape index (κ3) is 6.61. The summed E-state index contributed by atoms with van der Waals surface area (Å²) in [5.74, 6) is -3.50. The van der Waals surface area contributed by atoms with Gasteiger partial charge in [-0.25, -0.2) is 4.79 Å². The lowest BCUT2D eigenvalue weighted by Gasteiger charge is -2.51. The topological polar surface area (TPSA) is 361 Å². The molecule has 20 nitrogen and oxygen atoms in total. The normalized spacial score (nSPS) is 42.6. The summed E-state index contributed by atoms with van der Waals surface area (Å²) in [4.78, 5) is 24.2. The van der Waals surface area contributed by atoms with Crippen LogP contribution < -0.4 is 17.2 Å². The number of ether oxygens (including phenoxy) is 5. The monoisotopic (exact) mass is 679 g/mol. The second-order valence-electron chi connectivity index (χ2n) is 11.6. The molecule has 0 spiro atoms. The van der Waals surface area contributed by atoms with Gasteiger partial charge in [0.1, 0.15) is 65.7 Å². The molecule has 0 radical (unpaired) electrons. The van der Waals surface area contributed by atoms with Crippen LogP contribution in [0.3, 0.4) is 0 Å². The number of carbonyl (C=O) groups is 2. The van der Waals surface area contributed by atoms with Crippen LogP contribution in [-0.4, -0.2) is 168 Å². The molecule has 0 saturated carbocycles. The van der Waals surface area contributed by atoms with Gasteiger partial charge in [0.25, 0.3) is 0 Å². The zero-order valence-corrected chi connectivity index (χ0v) is 24.9. The molecule has 266 valence electrons. The Labute approximate surface area is 266 Å². The van der Waals surface area contributed by atoms with Crippen LogP contribution in [0.25, 0.3) is 0 Å². The largest absolute Gasteiger partial charge is 0.506 e. The van der Waals surface area contributed by atoms with E-state index in [2.05, 4.69) is 0 Å². The number of Topliss-reactive ketones (excluding diaryl/α,β-unsaturated/α-hetero) is 1. The van der Waals surface area contributed by atoms with Crippen molar-refractivity contribution in [3.05, 3.63) is 28.8 Å². The van der Waals surface area contributed by atoms with Gasteiger partial charge in [0.15, 0.2) is 24.7 Å². The Morgan fingerprint density at radius 1 is 0.830 bits per heavy atom. The first-order valence-electron chi connectivity index (χ1n) is 14.5. The molecule has 3 aliphatic rings. The molecule has 16 N–H and O–H groups in total. The number of benzene rings is 1. The number of carboxylic acid groups (broad SMARTS) is 1. The molecule has 0 bridgehead atoms. The van der Waals surface area contributed by atoms with E-state index < -0.39 is 145 Å². The van der Waals surface area contributed by atoms with E-state index in [-0.39, 0.29) is 0 Å². The van der Waals surface area contributed by atoms with Crippen molar-refractivity contribution in [3.8, 4) is 5.75 Å². The third-order valence-corrected chi connectivity index (χ3v) is 8.69. The molecule has 3 heterocycles. The number of ketones is 1. The molecule has 3 fully saturated rings. The van der Waals surface area contributed by atoms with Gasteiger partial charge < -0.3 is 92.0 Å². The second-order valence-corrected chi connectivity index (χ2v) is 11.6. The van der Waals surface area contributed by atoms with Crippen LogP contribution >= 0.6 is 0 Å². The van der Waals surface area contributed by atoms with E-state index in [9.17, 15) is 60.7 Å². The Hall–Kier alpha value is -2.48. The van der Waals surface area contributed by atoms with Crippen LogP contribution in [0.15, 0.2) is 12.1 Å². The minimum atomic E-state index is -2.47. The molecule has 1 aromatic carbocycles. The molecule has 1 aromatic rings. The molecule has 3 saturated heterocycles. The van der Waals surface area contributed by atoms with Crippen molar-refractivity contribution in [2.24, 2.45) is 17.2 Å². The molecular weight excluding hydrogens is 638 g/mol. The number of aromatic carboxylic acids is 1. The molecule has 20 heteroatoms. The molecular formula is C27H41N3O17. The molecule has 3 aliphatic heterocycles. The van der Waals surface area contributed by atoms with E-state index in [0.29, 0.717) is 0 Å². The molecule has 0 aromatic heterocycles. The van der Waals surface area contributed by atoms with Crippen molar-refractivity contribution in [3.63, 3.8) is 0 Å². The van der Waals surface area contributed by atoms with Gasteiger partial charge in [-0.3, -0.25) is 4.79 Å². The van der Waals surface area contributed by atoms with Crippen LogP contribution in [0.1, 0.15) is 33.2 Å². The number of carbonyl (C=O) groups excluding carboxylic acids is 1. The fraction of sp³-hybridized carbons (Fsp3) is 0.704. The van der Waals surface area contributed by atoms with E-state index in [1.54, 1.807) is 0 Å². The van der Waals surface area contributed by atoms with Gasteiger partial charge in [0.2, 0.25) is 0 Å². The van der Waals surface area contributed by atoms with Crippen molar-refractivity contribution in [1.29, 1.82) is 0 Å². The highest BCUT2D eigenvalue weighted by Crippen LogP contribution is 2.43. The molecule has 2 unspecified atom stereocenters. The quantitative estimate of drug-likeness (QED) is 0.102. The Morgan fingerprint density at radius 3 is 1.89 bits per heavy atom. The van der Waals surface area contributed by atoms with Gasteiger partial charge in [-0.1, -0.05) is 6.07 Å². The van der Waals surface area contributed by atoms with Crippen LogP contribution in [0.4, 0.5) is 0 Å². The summed E-state index contributed by atoms with van der Waals surface area (Å²) in [5, 5.41) is 104. The second kappa shape index (κ2) is 14.6. The Kier molecular flexibility index (Phi) is 11.6. The first kappa shape index (κ1) is 37.3. The average Bonchev–Trinajstić information content (AvgIpc) is 3.03. The van der Waals surface area contributed by atoms with Crippen LogP contribution in [0.2, 0.25) is 0 Å². The Balaban J connectivity index is 1.63. The lowest BCUT2D eigenvalue weighted by molar-refractivity contribution is -0.363. The molecule has 0 aliphatic carbocycles. The van der Waals surface area contributed by atoms with E-state index >= 15 is 0 Å². The van der Waals surface area contributed by atoms with Gasteiger partial charge in [-0.15, -0.1) is 0 Å². The van der Waals surface area contributed by atoms with E-state index in [1.807, 2.05) is 0 Å². The standard InChI is InChI=1S/C27H41N3O17/c1-7(34)12-9(3-2-8(16(12)35)23(40)41)27(6-33)22(39)19(38)15(30)26(47-27)46-21-11(5-32)44-25(14(29)18(21)37)45-20-10(4-31)43-24(42)13(28)17(20)36/h2-3,10-11,13-15,17-22,24-26,31-33,35-39,42H,4-6,28-30H2,1H3,(H,40,41)/t10-,11-,13-,14-,15-,17-,18-,19-,20?,21?,22+,24-,25+,26+,27+/m1/s1. The van der Waals surface area contributed by atoms with Crippen LogP contribution in [0, 0.1) is 0 Å². The van der Waals surface area contributed by atoms with E-state index in [1.165, 1.54) is 0 Å². The van der Waals surface area contributed by atoms with Crippen molar-refractivity contribution in [1.82, 2.24) is 0 Å². The number of nitrogens with two attached hydrogens (primary N) is 3. The molecule has 0 amide bonds. The summed E-state index contributed by atoms with van der Waals surface area (Å²) >= 11 is 0. The van der Waals surface area contributed by atoms with Crippen LogP contribution in [0.5, 0.6) is 5.75 Å². The minimum Gasteiger partial charge on any atom is -0.506 e. The van der Waals surface area contributed by atoms with E-state index in [0.717, 1.165) is 19.1 Å². The number of hydrogen-bond donors (Lipinski definition) is 13.